The van der Waals surface area contributed by atoms with E-state index in [1.54, 1.807) is 0 Å². The Morgan fingerprint density at radius 3 is 2.71 bits per heavy atom. The highest BCUT2D eigenvalue weighted by Crippen LogP contribution is 2.26. The van der Waals surface area contributed by atoms with Crippen LogP contribution in [0.4, 0.5) is 5.82 Å². The Morgan fingerprint density at radius 2 is 2.10 bits per heavy atom. The predicted molar refractivity (Wildman–Crippen MR) is 89.4 cm³/mol. The fourth-order valence-electron chi connectivity index (χ4n) is 3.04. The lowest BCUT2D eigenvalue weighted by Gasteiger charge is -2.29. The van der Waals surface area contributed by atoms with Gasteiger partial charge in [-0.25, -0.2) is 9.97 Å². The van der Waals surface area contributed by atoms with E-state index in [1.165, 1.54) is 19.4 Å². The van der Waals surface area contributed by atoms with E-state index >= 15 is 0 Å². The van der Waals surface area contributed by atoms with Gasteiger partial charge in [-0.15, -0.1) is 0 Å². The predicted octanol–water partition coefficient (Wildman–Crippen LogP) is 3.48. The molecule has 0 aliphatic carbocycles. The van der Waals surface area contributed by atoms with E-state index in [9.17, 15) is 0 Å². The molecule has 0 bridgehead atoms. The minimum atomic E-state index is 0.286. The summed E-state index contributed by atoms with van der Waals surface area (Å²) in [4.78, 5) is 13.9. The molecule has 0 amide bonds. The van der Waals surface area contributed by atoms with Crippen LogP contribution in [0.2, 0.25) is 5.15 Å². The van der Waals surface area contributed by atoms with Crippen LogP contribution in [0.15, 0.2) is 0 Å². The van der Waals surface area contributed by atoms with Gasteiger partial charge in [-0.3, -0.25) is 4.90 Å². The van der Waals surface area contributed by atoms with Crippen molar-refractivity contribution in [1.29, 1.82) is 0 Å². The maximum atomic E-state index is 6.29. The molecule has 1 aliphatic rings. The smallest absolute Gasteiger partial charge is 0.137 e. The molecule has 2 rings (SSSR count). The normalized spacial score (nSPS) is 19.5. The second-order valence-corrected chi connectivity index (χ2v) is 6.64. The van der Waals surface area contributed by atoms with Crippen molar-refractivity contribution in [3.63, 3.8) is 0 Å². The highest BCUT2D eigenvalue weighted by molar-refractivity contribution is 6.30. The average Bonchev–Trinajstić information content (AvgIpc) is 2.88. The monoisotopic (exact) mass is 310 g/mol. The summed E-state index contributed by atoms with van der Waals surface area (Å²) in [5.74, 6) is 2.08. The number of aromatic nitrogens is 2. The van der Waals surface area contributed by atoms with Gasteiger partial charge in [0.2, 0.25) is 0 Å². The van der Waals surface area contributed by atoms with Gasteiger partial charge in [-0.05, 0) is 32.9 Å². The zero-order chi connectivity index (χ0) is 15.6. The molecule has 1 fully saturated rings. The molecule has 1 atom stereocenters. The Morgan fingerprint density at radius 1 is 1.38 bits per heavy atom. The third-order valence-corrected chi connectivity index (χ3v) is 4.71. The lowest BCUT2D eigenvalue weighted by atomic mass is 10.2. The fraction of sp³-hybridized carbons (Fsp3) is 0.750. The summed E-state index contributed by atoms with van der Waals surface area (Å²) in [6.07, 6.45) is 2.57. The first-order valence-corrected chi connectivity index (χ1v) is 8.31. The third-order valence-electron chi connectivity index (χ3n) is 4.35. The quantitative estimate of drug-likeness (QED) is 0.779. The maximum absolute atomic E-state index is 6.29. The molecule has 118 valence electrons. The van der Waals surface area contributed by atoms with Crippen molar-refractivity contribution < 1.29 is 0 Å². The number of halogens is 1. The van der Waals surface area contributed by atoms with Crippen LogP contribution >= 0.6 is 11.6 Å². The van der Waals surface area contributed by atoms with E-state index in [0.29, 0.717) is 11.2 Å². The van der Waals surface area contributed by atoms with Gasteiger partial charge < -0.3 is 4.90 Å². The molecule has 1 saturated heterocycles. The van der Waals surface area contributed by atoms with E-state index < -0.39 is 0 Å². The van der Waals surface area contributed by atoms with Gasteiger partial charge >= 0.3 is 0 Å². The summed E-state index contributed by atoms with van der Waals surface area (Å²) < 4.78 is 0. The molecule has 5 heteroatoms. The molecule has 1 aromatic heterocycles. The maximum Gasteiger partial charge on any atom is 0.137 e. The van der Waals surface area contributed by atoms with Crippen molar-refractivity contribution >= 4 is 17.4 Å². The third kappa shape index (κ3) is 3.67. The molecule has 0 radical (unpaired) electrons. The van der Waals surface area contributed by atoms with E-state index in [1.807, 2.05) is 6.92 Å². The molecule has 21 heavy (non-hydrogen) atoms. The summed E-state index contributed by atoms with van der Waals surface area (Å²) in [5.41, 5.74) is 0.976. The number of likely N-dealkylation sites (tertiary alicyclic amines) is 1. The number of hydrogen-bond donors (Lipinski definition) is 0. The number of nitrogens with zero attached hydrogens (tertiary/aromatic N) is 4. The van der Waals surface area contributed by atoms with E-state index in [2.05, 4.69) is 42.6 Å². The summed E-state index contributed by atoms with van der Waals surface area (Å²) in [6.45, 7) is 11.8. The number of hydrogen-bond acceptors (Lipinski definition) is 4. The van der Waals surface area contributed by atoms with Gasteiger partial charge in [0, 0.05) is 31.1 Å². The van der Waals surface area contributed by atoms with Crippen LogP contribution in [-0.2, 0) is 0 Å². The lowest BCUT2D eigenvalue weighted by molar-refractivity contribution is 0.270. The minimum Gasteiger partial charge on any atom is -0.358 e. The van der Waals surface area contributed by atoms with Crippen molar-refractivity contribution in [3.05, 3.63) is 16.5 Å². The SMILES string of the molecule is CCN1CCCC1CN(C)c1nc(C(C)C)nc(Cl)c1C. The summed E-state index contributed by atoms with van der Waals surface area (Å²) in [6, 6.07) is 0.621. The summed E-state index contributed by atoms with van der Waals surface area (Å²) in [7, 11) is 2.11. The molecule has 1 unspecified atom stereocenters. The Balaban J connectivity index is 2.20. The van der Waals surface area contributed by atoms with Crippen LogP contribution < -0.4 is 4.90 Å². The highest BCUT2D eigenvalue weighted by atomic mass is 35.5. The minimum absolute atomic E-state index is 0.286. The molecule has 2 heterocycles. The number of rotatable bonds is 5. The second-order valence-electron chi connectivity index (χ2n) is 6.28. The first-order valence-electron chi connectivity index (χ1n) is 7.93. The van der Waals surface area contributed by atoms with Gasteiger partial charge in [0.05, 0.1) is 0 Å². The van der Waals surface area contributed by atoms with E-state index in [-0.39, 0.29) is 5.92 Å². The van der Waals surface area contributed by atoms with Gasteiger partial charge in [0.15, 0.2) is 0 Å². The van der Waals surface area contributed by atoms with Crippen LogP contribution in [0, 0.1) is 6.92 Å². The topological polar surface area (TPSA) is 32.3 Å². The van der Waals surface area contributed by atoms with Crippen LogP contribution in [0.1, 0.15) is 50.9 Å². The molecular weight excluding hydrogens is 284 g/mol. The van der Waals surface area contributed by atoms with Crippen molar-refractivity contribution in [2.45, 2.75) is 52.5 Å². The molecule has 1 aliphatic heterocycles. The molecule has 1 aromatic rings. The first-order chi connectivity index (χ1) is 9.93. The fourth-order valence-corrected chi connectivity index (χ4v) is 3.22. The standard InChI is InChI=1S/C16H27ClN4/c1-6-21-9-7-8-13(21)10-20(5)16-12(4)14(17)18-15(19-16)11(2)3/h11,13H,6-10H2,1-5H3. The van der Waals surface area contributed by atoms with Crippen LogP contribution in [0.5, 0.6) is 0 Å². The highest BCUT2D eigenvalue weighted by Gasteiger charge is 2.25. The van der Waals surface area contributed by atoms with Gasteiger partial charge in [-0.1, -0.05) is 32.4 Å². The number of likely N-dealkylation sites (N-methyl/N-ethyl adjacent to an activating group) is 2. The van der Waals surface area contributed by atoms with E-state index in [0.717, 1.165) is 30.3 Å². The lowest BCUT2D eigenvalue weighted by Crippen LogP contribution is -2.39. The van der Waals surface area contributed by atoms with Crippen molar-refractivity contribution in [2.75, 3.05) is 31.6 Å². The van der Waals surface area contributed by atoms with Crippen LogP contribution in [0.3, 0.4) is 0 Å². The van der Waals surface area contributed by atoms with Gasteiger partial charge in [0.1, 0.15) is 16.8 Å². The molecule has 0 spiro atoms. The Bertz CT molecular complexity index is 489. The van der Waals surface area contributed by atoms with E-state index in [4.69, 9.17) is 16.6 Å². The van der Waals surface area contributed by atoms with Gasteiger partial charge in [-0.2, -0.15) is 0 Å². The Labute approximate surface area is 133 Å². The largest absolute Gasteiger partial charge is 0.358 e. The number of anilines is 1. The summed E-state index contributed by atoms with van der Waals surface area (Å²) >= 11 is 6.29. The molecular formula is C16H27ClN4. The second kappa shape index (κ2) is 6.93. The molecule has 0 aromatic carbocycles. The van der Waals surface area contributed by atoms with Gasteiger partial charge in [0.25, 0.3) is 0 Å². The molecule has 4 nitrogen and oxygen atoms in total. The summed E-state index contributed by atoms with van der Waals surface area (Å²) in [5, 5.41) is 0.578. The van der Waals surface area contributed by atoms with Crippen molar-refractivity contribution in [2.24, 2.45) is 0 Å². The average molecular weight is 311 g/mol. The zero-order valence-electron chi connectivity index (χ0n) is 13.9. The Hall–Kier alpha value is -0.870. The zero-order valence-corrected chi connectivity index (χ0v) is 14.6. The van der Waals surface area contributed by atoms with Crippen molar-refractivity contribution in [3.8, 4) is 0 Å². The molecule has 0 saturated carbocycles. The Kier molecular flexibility index (Phi) is 5.44. The van der Waals surface area contributed by atoms with Crippen LogP contribution in [-0.4, -0.2) is 47.6 Å². The van der Waals surface area contributed by atoms with Crippen molar-refractivity contribution in [1.82, 2.24) is 14.9 Å². The van der Waals surface area contributed by atoms with Crippen LogP contribution in [0.25, 0.3) is 0 Å². The molecule has 0 N–H and O–H groups in total. The first kappa shape index (κ1) is 16.5.